The molecule has 1 N–H and O–H groups in total. The molecule has 2 atom stereocenters. The minimum Gasteiger partial charge on any atom is -0.396 e. The maximum atomic E-state index is 13.0. The first-order chi connectivity index (χ1) is 6.57. The Labute approximate surface area is 79.2 Å². The maximum Gasteiger partial charge on any atom is 0.261 e. The van der Waals surface area contributed by atoms with Crippen molar-refractivity contribution in [1.29, 1.82) is 0 Å². The van der Waals surface area contributed by atoms with Crippen LogP contribution in [0, 0.1) is 11.7 Å². The average molecular weight is 202 g/mol. The summed E-state index contributed by atoms with van der Waals surface area (Å²) >= 11 is 0. The number of aliphatic hydroxyl groups excluding tert-OH is 1. The number of alkyl halides is 2. The molecule has 2 rings (SSSR count). The molecule has 0 heterocycles. The van der Waals surface area contributed by atoms with Crippen LogP contribution in [0.25, 0.3) is 0 Å². The third-order valence-corrected chi connectivity index (χ3v) is 2.61. The third-order valence-electron chi connectivity index (χ3n) is 2.61. The van der Waals surface area contributed by atoms with Gasteiger partial charge >= 0.3 is 0 Å². The van der Waals surface area contributed by atoms with Crippen LogP contribution < -0.4 is 0 Å². The maximum absolute atomic E-state index is 13.0. The fraction of sp³-hybridized carbons (Fsp3) is 0.400. The van der Waals surface area contributed by atoms with Crippen molar-refractivity contribution in [2.75, 3.05) is 6.61 Å². The highest BCUT2D eigenvalue weighted by atomic mass is 19.3. The van der Waals surface area contributed by atoms with Crippen LogP contribution in [0.3, 0.4) is 0 Å². The van der Waals surface area contributed by atoms with Gasteiger partial charge in [0.15, 0.2) is 0 Å². The monoisotopic (exact) mass is 202 g/mol. The molecule has 0 saturated heterocycles. The number of benzene rings is 1. The van der Waals surface area contributed by atoms with Gasteiger partial charge in [0.2, 0.25) is 0 Å². The lowest BCUT2D eigenvalue weighted by atomic mass is 10.1. The average Bonchev–Trinajstić information content (AvgIpc) is 2.68. The minimum absolute atomic E-state index is 0.258. The summed E-state index contributed by atoms with van der Waals surface area (Å²) < 4.78 is 38.7. The van der Waals surface area contributed by atoms with E-state index >= 15 is 0 Å². The number of hydrogen-bond acceptors (Lipinski definition) is 1. The predicted octanol–water partition coefficient (Wildman–Crippen LogP) is 2.17. The van der Waals surface area contributed by atoms with E-state index in [4.69, 9.17) is 5.11 Å². The van der Waals surface area contributed by atoms with Crippen LogP contribution in [-0.2, 0) is 0 Å². The van der Waals surface area contributed by atoms with Gasteiger partial charge in [0.25, 0.3) is 5.92 Å². The van der Waals surface area contributed by atoms with Gasteiger partial charge in [0.1, 0.15) is 5.82 Å². The van der Waals surface area contributed by atoms with Crippen molar-refractivity contribution in [3.05, 3.63) is 35.6 Å². The Morgan fingerprint density at radius 2 is 2.07 bits per heavy atom. The summed E-state index contributed by atoms with van der Waals surface area (Å²) in [5.41, 5.74) is 0.258. The predicted molar refractivity (Wildman–Crippen MR) is 44.7 cm³/mol. The quantitative estimate of drug-likeness (QED) is 0.779. The van der Waals surface area contributed by atoms with Crippen molar-refractivity contribution in [3.8, 4) is 0 Å². The molecule has 0 amide bonds. The largest absolute Gasteiger partial charge is 0.396 e. The zero-order valence-corrected chi connectivity index (χ0v) is 7.25. The van der Waals surface area contributed by atoms with Gasteiger partial charge in [0, 0.05) is 0 Å². The molecule has 0 spiro atoms. The number of halogens is 3. The van der Waals surface area contributed by atoms with E-state index in [1.807, 2.05) is 0 Å². The Bertz CT molecular complexity index is 351. The Morgan fingerprint density at radius 1 is 1.36 bits per heavy atom. The Balaban J connectivity index is 2.26. The molecule has 76 valence electrons. The van der Waals surface area contributed by atoms with Crippen molar-refractivity contribution >= 4 is 0 Å². The molecule has 0 unspecified atom stereocenters. The van der Waals surface area contributed by atoms with Gasteiger partial charge in [-0.15, -0.1) is 0 Å². The first-order valence-corrected chi connectivity index (χ1v) is 4.31. The van der Waals surface area contributed by atoms with Crippen molar-refractivity contribution in [3.63, 3.8) is 0 Å². The normalized spacial score (nSPS) is 28.9. The summed E-state index contributed by atoms with van der Waals surface area (Å²) in [5.74, 6) is -5.49. The van der Waals surface area contributed by atoms with Crippen molar-refractivity contribution in [1.82, 2.24) is 0 Å². The second-order valence-electron chi connectivity index (χ2n) is 3.50. The van der Waals surface area contributed by atoms with Crippen LogP contribution in [-0.4, -0.2) is 17.6 Å². The smallest absolute Gasteiger partial charge is 0.261 e. The van der Waals surface area contributed by atoms with E-state index in [9.17, 15) is 13.2 Å². The van der Waals surface area contributed by atoms with Crippen molar-refractivity contribution < 1.29 is 18.3 Å². The van der Waals surface area contributed by atoms with Crippen LogP contribution in [0.5, 0.6) is 0 Å². The van der Waals surface area contributed by atoms with Crippen LogP contribution in [0.15, 0.2) is 24.3 Å². The van der Waals surface area contributed by atoms with Crippen molar-refractivity contribution in [2.24, 2.45) is 5.92 Å². The van der Waals surface area contributed by atoms with Crippen LogP contribution in [0.1, 0.15) is 11.5 Å². The van der Waals surface area contributed by atoms with E-state index in [1.165, 1.54) is 18.2 Å². The van der Waals surface area contributed by atoms with E-state index in [-0.39, 0.29) is 5.56 Å². The van der Waals surface area contributed by atoms with Gasteiger partial charge < -0.3 is 5.11 Å². The van der Waals surface area contributed by atoms with E-state index in [2.05, 4.69) is 0 Å². The molecule has 0 aromatic heterocycles. The molecule has 14 heavy (non-hydrogen) atoms. The molecule has 1 aromatic rings. The summed E-state index contributed by atoms with van der Waals surface area (Å²) in [6.45, 7) is -0.561. The Hall–Kier alpha value is -1.03. The number of aliphatic hydroxyl groups is 1. The Morgan fingerprint density at radius 3 is 2.57 bits per heavy atom. The second-order valence-corrected chi connectivity index (χ2v) is 3.50. The molecule has 1 fully saturated rings. The highest BCUT2D eigenvalue weighted by Gasteiger charge is 2.68. The fourth-order valence-electron chi connectivity index (χ4n) is 1.77. The van der Waals surface area contributed by atoms with E-state index in [0.29, 0.717) is 0 Å². The standard InChI is InChI=1S/C10H9F3O/c11-7-3-1-2-6(4-7)9-8(5-14)10(9,12)13/h1-4,8-9,14H,5H2/t8-,9-/m1/s1. The molecule has 4 heteroatoms. The summed E-state index contributed by atoms with van der Waals surface area (Å²) in [5, 5.41) is 8.67. The molecular formula is C10H9F3O. The molecule has 0 bridgehead atoms. The Kier molecular flexibility index (Phi) is 2.03. The number of hydrogen-bond donors (Lipinski definition) is 1. The molecular weight excluding hydrogens is 193 g/mol. The summed E-state index contributed by atoms with van der Waals surface area (Å²) in [7, 11) is 0. The van der Waals surface area contributed by atoms with Crippen LogP contribution >= 0.6 is 0 Å². The fourth-order valence-corrected chi connectivity index (χ4v) is 1.77. The molecule has 0 aliphatic heterocycles. The van der Waals surface area contributed by atoms with Crippen LogP contribution in [0.4, 0.5) is 13.2 Å². The van der Waals surface area contributed by atoms with E-state index in [1.54, 1.807) is 0 Å². The highest BCUT2D eigenvalue weighted by molar-refractivity contribution is 5.32. The van der Waals surface area contributed by atoms with Gasteiger partial charge in [-0.2, -0.15) is 0 Å². The van der Waals surface area contributed by atoms with Gasteiger partial charge in [-0.05, 0) is 17.7 Å². The lowest BCUT2D eigenvalue weighted by Gasteiger charge is -1.98. The molecule has 1 aliphatic rings. The van der Waals surface area contributed by atoms with E-state index < -0.39 is 30.2 Å². The van der Waals surface area contributed by atoms with Crippen molar-refractivity contribution in [2.45, 2.75) is 11.8 Å². The van der Waals surface area contributed by atoms with Gasteiger partial charge in [0.05, 0.1) is 18.4 Å². The van der Waals surface area contributed by atoms with E-state index in [0.717, 1.165) is 6.07 Å². The molecule has 1 saturated carbocycles. The summed E-state index contributed by atoms with van der Waals surface area (Å²) in [6, 6.07) is 5.15. The third kappa shape index (κ3) is 1.30. The lowest BCUT2D eigenvalue weighted by molar-refractivity contribution is 0.0785. The topological polar surface area (TPSA) is 20.2 Å². The second kappa shape index (κ2) is 2.98. The molecule has 1 aromatic carbocycles. The van der Waals surface area contributed by atoms with Gasteiger partial charge in [-0.25, -0.2) is 13.2 Å². The minimum atomic E-state index is -2.89. The first kappa shape index (κ1) is 9.52. The van der Waals surface area contributed by atoms with Crippen LogP contribution in [0.2, 0.25) is 0 Å². The highest BCUT2D eigenvalue weighted by Crippen LogP contribution is 2.61. The zero-order valence-electron chi connectivity index (χ0n) is 7.25. The summed E-state index contributed by atoms with van der Waals surface area (Å²) in [4.78, 5) is 0. The molecule has 1 aliphatic carbocycles. The first-order valence-electron chi connectivity index (χ1n) is 4.31. The molecule has 1 nitrogen and oxygen atoms in total. The van der Waals surface area contributed by atoms with Gasteiger partial charge in [-0.1, -0.05) is 12.1 Å². The summed E-state index contributed by atoms with van der Waals surface area (Å²) in [6.07, 6.45) is 0. The SMILES string of the molecule is OC[C@@H]1[C@@H](c2cccc(F)c2)C1(F)F. The van der Waals surface area contributed by atoms with Gasteiger partial charge in [-0.3, -0.25) is 0 Å². The zero-order chi connectivity index (χ0) is 10.3. The number of rotatable bonds is 2. The molecule has 0 radical (unpaired) electrons. The lowest BCUT2D eigenvalue weighted by Crippen LogP contribution is -1.97.